The Morgan fingerprint density at radius 3 is 1.93 bits per heavy atom. The lowest BCUT2D eigenvalue weighted by molar-refractivity contribution is -0.164. The summed E-state index contributed by atoms with van der Waals surface area (Å²) >= 11 is 0. The van der Waals surface area contributed by atoms with Crippen molar-refractivity contribution in [2.24, 2.45) is 28.1 Å². The van der Waals surface area contributed by atoms with Crippen LogP contribution in [0.25, 0.3) is 0 Å². The van der Waals surface area contributed by atoms with Gasteiger partial charge in [0.15, 0.2) is 5.96 Å². The zero-order chi connectivity index (χ0) is 40.2. The number of aliphatic imine (C=N–C) groups is 1. The fourth-order valence-electron chi connectivity index (χ4n) is 7.14. The number of hydrogen-bond acceptors (Lipinski definition) is 12. The first-order valence-corrected chi connectivity index (χ1v) is 19.1. The highest BCUT2D eigenvalue weighted by Crippen LogP contribution is 2.34. The number of amides is 9. The fraction of sp³-hybridized carbons (Fsp3) is 0.583. The van der Waals surface area contributed by atoms with E-state index in [2.05, 4.69) is 27.1 Å². The summed E-state index contributed by atoms with van der Waals surface area (Å²) in [6, 6.07) is 7.25. The van der Waals surface area contributed by atoms with Crippen LogP contribution in [0.4, 0.5) is 19.2 Å². The molecule has 4 saturated heterocycles. The summed E-state index contributed by atoms with van der Waals surface area (Å²) in [6.07, 6.45) is 1.69. The molecule has 5 aliphatic heterocycles. The first-order valence-electron chi connectivity index (χ1n) is 19.1. The molecule has 0 aromatic heterocycles. The monoisotopic (exact) mass is 781 g/mol. The number of rotatable bonds is 8. The van der Waals surface area contributed by atoms with Gasteiger partial charge in [-0.15, -0.1) is 0 Å². The van der Waals surface area contributed by atoms with Crippen LogP contribution < -0.4 is 27.8 Å². The van der Waals surface area contributed by atoms with Gasteiger partial charge in [-0.2, -0.15) is 0 Å². The van der Waals surface area contributed by atoms with Gasteiger partial charge in [0.05, 0.1) is 11.7 Å². The summed E-state index contributed by atoms with van der Waals surface area (Å²) in [5.74, 6) is 0.0187. The number of carbonyl (C=O) groups is 6. The lowest BCUT2D eigenvalue weighted by Gasteiger charge is -2.49. The number of imide groups is 1. The molecule has 20 heteroatoms. The number of likely N-dealkylation sites (tertiary alicyclic amines) is 1. The third-order valence-electron chi connectivity index (χ3n) is 10.4. The van der Waals surface area contributed by atoms with Crippen LogP contribution >= 0.6 is 0 Å². The Morgan fingerprint density at radius 2 is 1.38 bits per heavy atom. The number of piperazine rings is 3. The average Bonchev–Trinajstić information content (AvgIpc) is 3.22. The number of nitrogens with one attached hydrogen (secondary N) is 2. The SMILES string of the molecule is C=C(N)NCCC[C@H]1C(=O)N(C(=O)N2CCN(C3=NCCCN3)CC2)[C@@H]1C(=O)N1CCN(C(N)=O)CC1.NC(=O)N1CCN(C(=O)OCc2ccccc2)CC1. The quantitative estimate of drug-likeness (QED) is 0.157. The highest BCUT2D eigenvalue weighted by molar-refractivity contribution is 6.09. The van der Waals surface area contributed by atoms with Gasteiger partial charge in [-0.05, 0) is 24.8 Å². The molecule has 0 spiro atoms. The Hall–Kier alpha value is -5.95. The molecular formula is C36H55N13O7. The normalized spacial score (nSPS) is 21.1. The number of primary amides is 2. The van der Waals surface area contributed by atoms with Crippen molar-refractivity contribution in [1.82, 2.24) is 44.9 Å². The predicted molar refractivity (Wildman–Crippen MR) is 205 cm³/mol. The highest BCUT2D eigenvalue weighted by Gasteiger charge is 2.56. The van der Waals surface area contributed by atoms with E-state index in [1.807, 2.05) is 30.3 Å². The molecule has 5 aliphatic rings. The molecule has 8 N–H and O–H groups in total. The standard InChI is InChI=1S/C23H38N10O4.C13H17N3O3/c1-16(24)26-5-2-4-17-18(20(35)29-8-10-30(11-9-29)21(25)36)33(19(17)34)23(37)32-14-12-31(13-15-32)22-27-6-3-7-28-22;14-12(17)15-6-8-16(9-7-15)13(18)19-10-11-4-2-1-3-5-11/h17-18,26H,1-15,24H2,(H2,25,36)(H,27,28);1-5H,6-10H2,(H2,14,17)/t17-,18+;/m1./s1. The van der Waals surface area contributed by atoms with Gasteiger partial charge in [0.2, 0.25) is 11.8 Å². The van der Waals surface area contributed by atoms with E-state index in [4.69, 9.17) is 21.9 Å². The molecule has 0 radical (unpaired) electrons. The Bertz CT molecular complexity index is 1600. The van der Waals surface area contributed by atoms with Gasteiger partial charge in [-0.3, -0.25) is 19.5 Å². The summed E-state index contributed by atoms with van der Waals surface area (Å²) in [7, 11) is 0. The fourth-order valence-corrected chi connectivity index (χ4v) is 7.14. The van der Waals surface area contributed by atoms with Gasteiger partial charge < -0.3 is 62.0 Å². The van der Waals surface area contributed by atoms with Crippen LogP contribution in [0.15, 0.2) is 47.7 Å². The smallest absolute Gasteiger partial charge is 0.410 e. The van der Waals surface area contributed by atoms with Crippen molar-refractivity contribution >= 4 is 42.0 Å². The van der Waals surface area contributed by atoms with Gasteiger partial charge in [-0.25, -0.2) is 19.2 Å². The highest BCUT2D eigenvalue weighted by atomic mass is 16.6. The summed E-state index contributed by atoms with van der Waals surface area (Å²) in [5, 5.41) is 6.22. The molecule has 1 aromatic carbocycles. The van der Waals surface area contributed by atoms with Crippen LogP contribution in [0.1, 0.15) is 24.8 Å². The van der Waals surface area contributed by atoms with Crippen molar-refractivity contribution < 1.29 is 33.5 Å². The minimum atomic E-state index is -0.858. The first kappa shape index (κ1) is 41.2. The van der Waals surface area contributed by atoms with Crippen molar-refractivity contribution in [1.29, 1.82) is 0 Å². The molecule has 0 unspecified atom stereocenters. The first-order chi connectivity index (χ1) is 26.9. The van der Waals surface area contributed by atoms with Crippen LogP contribution in [0.2, 0.25) is 0 Å². The van der Waals surface area contributed by atoms with Gasteiger partial charge in [-0.1, -0.05) is 36.9 Å². The van der Waals surface area contributed by atoms with E-state index in [9.17, 15) is 28.8 Å². The third kappa shape index (κ3) is 10.6. The van der Waals surface area contributed by atoms with Crippen LogP contribution in [0.3, 0.4) is 0 Å². The van der Waals surface area contributed by atoms with E-state index >= 15 is 0 Å². The minimum absolute atomic E-state index is 0.260. The van der Waals surface area contributed by atoms with E-state index in [0.717, 1.165) is 35.9 Å². The molecule has 6 rings (SSSR count). The molecule has 1 aromatic rings. The molecule has 20 nitrogen and oxygen atoms in total. The molecule has 4 fully saturated rings. The maximum atomic E-state index is 13.6. The molecule has 306 valence electrons. The van der Waals surface area contributed by atoms with Crippen molar-refractivity contribution in [3.05, 3.63) is 48.3 Å². The number of nitrogens with two attached hydrogens (primary N) is 3. The average molecular weight is 782 g/mol. The van der Waals surface area contributed by atoms with Crippen molar-refractivity contribution in [3.63, 3.8) is 0 Å². The molecule has 56 heavy (non-hydrogen) atoms. The topological polar surface area (TPSA) is 249 Å². The minimum Gasteiger partial charge on any atom is -0.445 e. The lowest BCUT2D eigenvalue weighted by atomic mass is 9.82. The zero-order valence-corrected chi connectivity index (χ0v) is 31.9. The van der Waals surface area contributed by atoms with Crippen molar-refractivity contribution in [3.8, 4) is 0 Å². The maximum absolute atomic E-state index is 13.6. The van der Waals surface area contributed by atoms with Crippen LogP contribution in [-0.2, 0) is 20.9 Å². The van der Waals surface area contributed by atoms with Crippen molar-refractivity contribution in [2.45, 2.75) is 31.9 Å². The van der Waals surface area contributed by atoms with E-state index < -0.39 is 30.1 Å². The Labute approximate surface area is 326 Å². The van der Waals surface area contributed by atoms with Crippen LogP contribution in [-0.4, -0.2) is 180 Å². The molecule has 5 heterocycles. The van der Waals surface area contributed by atoms with Gasteiger partial charge >= 0.3 is 24.2 Å². The number of β-lactam (4-membered cyclic amide) rings is 1. The maximum Gasteiger partial charge on any atom is 0.410 e. The second-order valence-corrected chi connectivity index (χ2v) is 14.1. The molecule has 0 saturated carbocycles. The summed E-state index contributed by atoms with van der Waals surface area (Å²) in [5.41, 5.74) is 17.0. The number of urea groups is 3. The lowest BCUT2D eigenvalue weighted by Crippen LogP contribution is -2.72. The zero-order valence-electron chi connectivity index (χ0n) is 31.9. The number of hydrogen-bond donors (Lipinski definition) is 5. The van der Waals surface area contributed by atoms with E-state index in [0.29, 0.717) is 104 Å². The number of carbonyl (C=O) groups excluding carboxylic acids is 6. The molecule has 0 aliphatic carbocycles. The Morgan fingerprint density at radius 1 is 0.804 bits per heavy atom. The molecule has 2 atom stereocenters. The summed E-state index contributed by atoms with van der Waals surface area (Å²) in [6.45, 7) is 11.2. The van der Waals surface area contributed by atoms with E-state index in [1.54, 1.807) is 14.7 Å². The van der Waals surface area contributed by atoms with E-state index in [1.165, 1.54) is 9.80 Å². The van der Waals surface area contributed by atoms with Crippen LogP contribution in [0.5, 0.6) is 0 Å². The van der Waals surface area contributed by atoms with Crippen molar-refractivity contribution in [2.75, 3.05) is 98.2 Å². The van der Waals surface area contributed by atoms with Crippen LogP contribution in [0, 0.1) is 5.92 Å². The number of ether oxygens (including phenoxy) is 1. The second kappa shape index (κ2) is 19.6. The Balaban J connectivity index is 0.000000265. The van der Waals surface area contributed by atoms with Gasteiger partial charge in [0.25, 0.3) is 0 Å². The van der Waals surface area contributed by atoms with E-state index in [-0.39, 0.29) is 24.5 Å². The number of nitrogens with zero attached hydrogens (tertiary/aromatic N) is 8. The molecule has 0 bridgehead atoms. The number of benzene rings is 1. The second-order valence-electron chi connectivity index (χ2n) is 14.1. The largest absolute Gasteiger partial charge is 0.445 e. The Kier molecular flexibility index (Phi) is 14.4. The third-order valence-corrected chi connectivity index (χ3v) is 10.4. The number of guanidine groups is 1. The summed E-state index contributed by atoms with van der Waals surface area (Å²) in [4.78, 5) is 90.0. The predicted octanol–water partition coefficient (Wildman–Crippen LogP) is -1.06. The summed E-state index contributed by atoms with van der Waals surface area (Å²) < 4.78 is 5.22. The van der Waals surface area contributed by atoms with Gasteiger partial charge in [0, 0.05) is 98.2 Å². The van der Waals surface area contributed by atoms with Gasteiger partial charge in [0.1, 0.15) is 12.6 Å². The molecular weight excluding hydrogens is 726 g/mol. The molecule has 9 amide bonds.